The summed E-state index contributed by atoms with van der Waals surface area (Å²) in [6.45, 7) is 11.5. The lowest BCUT2D eigenvalue weighted by molar-refractivity contribution is 0.0226. The third kappa shape index (κ3) is 1.58. The fourth-order valence-electron chi connectivity index (χ4n) is 1.83. The maximum absolute atomic E-state index is 3.60. The number of hydrogen-bond donors (Lipinski definition) is 1. The number of rotatable bonds is 2. The highest BCUT2D eigenvalue weighted by Gasteiger charge is 2.44. The predicted octanol–water partition coefficient (Wildman–Crippen LogP) is 2.42. The first-order valence-corrected chi connectivity index (χ1v) is 4.70. The molecule has 11 heavy (non-hydrogen) atoms. The van der Waals surface area contributed by atoms with E-state index in [1.54, 1.807) is 0 Å². The van der Waals surface area contributed by atoms with Gasteiger partial charge in [-0.15, -0.1) is 0 Å². The highest BCUT2D eigenvalue weighted by atomic mass is 15.0. The van der Waals surface area contributed by atoms with Crippen molar-refractivity contribution in [3.63, 3.8) is 0 Å². The zero-order valence-electron chi connectivity index (χ0n) is 8.44. The monoisotopic (exact) mass is 155 g/mol. The molecular weight excluding hydrogens is 134 g/mol. The standard InChI is InChI=1S/C10H21N/c1-7(2)11-9-6-8(3)10(9,4)5/h7-9,11H,6H2,1-5H3/t8-,9-/m0/s1. The largest absolute Gasteiger partial charge is 0.311 e. The minimum atomic E-state index is 0.518. The third-order valence-corrected chi connectivity index (χ3v) is 3.29. The zero-order valence-corrected chi connectivity index (χ0v) is 8.44. The minimum absolute atomic E-state index is 0.518. The summed E-state index contributed by atoms with van der Waals surface area (Å²) in [5.74, 6) is 0.888. The molecule has 66 valence electrons. The summed E-state index contributed by atoms with van der Waals surface area (Å²) in [6, 6.07) is 1.38. The van der Waals surface area contributed by atoms with Gasteiger partial charge in [0, 0.05) is 12.1 Å². The average molecular weight is 155 g/mol. The highest BCUT2D eigenvalue weighted by molar-refractivity contribution is 4.99. The van der Waals surface area contributed by atoms with Gasteiger partial charge in [0.1, 0.15) is 0 Å². The molecule has 0 bridgehead atoms. The lowest BCUT2D eigenvalue weighted by Crippen LogP contribution is -2.57. The Bertz CT molecular complexity index is 138. The van der Waals surface area contributed by atoms with Crippen molar-refractivity contribution in [1.82, 2.24) is 5.32 Å². The molecule has 0 spiro atoms. The van der Waals surface area contributed by atoms with Crippen LogP contribution >= 0.6 is 0 Å². The van der Waals surface area contributed by atoms with Crippen molar-refractivity contribution in [3.05, 3.63) is 0 Å². The SMILES string of the molecule is CC(C)N[C@H]1C[C@H](C)C1(C)C. The summed E-state index contributed by atoms with van der Waals surface area (Å²) in [6.07, 6.45) is 1.35. The average Bonchev–Trinajstić information content (AvgIpc) is 1.87. The second kappa shape index (κ2) is 2.78. The van der Waals surface area contributed by atoms with Crippen LogP contribution in [-0.2, 0) is 0 Å². The van der Waals surface area contributed by atoms with E-state index in [0.29, 0.717) is 11.5 Å². The van der Waals surface area contributed by atoms with Crippen molar-refractivity contribution in [2.45, 2.75) is 53.1 Å². The Morgan fingerprint density at radius 2 is 1.91 bits per heavy atom. The highest BCUT2D eigenvalue weighted by Crippen LogP contribution is 2.45. The van der Waals surface area contributed by atoms with E-state index in [2.05, 4.69) is 39.9 Å². The van der Waals surface area contributed by atoms with Gasteiger partial charge in [0.2, 0.25) is 0 Å². The smallest absolute Gasteiger partial charge is 0.0126 e. The van der Waals surface area contributed by atoms with Gasteiger partial charge < -0.3 is 5.32 Å². The van der Waals surface area contributed by atoms with Crippen molar-refractivity contribution in [2.75, 3.05) is 0 Å². The molecule has 0 saturated heterocycles. The summed E-state index contributed by atoms with van der Waals surface area (Å²) in [4.78, 5) is 0. The van der Waals surface area contributed by atoms with E-state index in [1.165, 1.54) is 6.42 Å². The van der Waals surface area contributed by atoms with Crippen molar-refractivity contribution in [3.8, 4) is 0 Å². The van der Waals surface area contributed by atoms with Gasteiger partial charge >= 0.3 is 0 Å². The maximum Gasteiger partial charge on any atom is 0.0126 e. The van der Waals surface area contributed by atoms with Crippen LogP contribution in [-0.4, -0.2) is 12.1 Å². The Morgan fingerprint density at radius 1 is 1.36 bits per heavy atom. The summed E-state index contributed by atoms with van der Waals surface area (Å²) in [5, 5.41) is 3.60. The van der Waals surface area contributed by atoms with Gasteiger partial charge in [-0.2, -0.15) is 0 Å². The van der Waals surface area contributed by atoms with Crippen LogP contribution in [0.3, 0.4) is 0 Å². The molecule has 1 fully saturated rings. The number of hydrogen-bond acceptors (Lipinski definition) is 1. The molecule has 2 atom stereocenters. The van der Waals surface area contributed by atoms with Gasteiger partial charge in [-0.3, -0.25) is 0 Å². The molecule has 0 aliphatic heterocycles. The van der Waals surface area contributed by atoms with E-state index in [4.69, 9.17) is 0 Å². The van der Waals surface area contributed by atoms with E-state index in [0.717, 1.165) is 12.0 Å². The Hall–Kier alpha value is -0.0400. The molecule has 0 aromatic carbocycles. The first-order valence-electron chi connectivity index (χ1n) is 4.70. The Morgan fingerprint density at radius 3 is 2.18 bits per heavy atom. The van der Waals surface area contributed by atoms with Crippen LogP contribution < -0.4 is 5.32 Å². The van der Waals surface area contributed by atoms with E-state index in [9.17, 15) is 0 Å². The van der Waals surface area contributed by atoms with Crippen LogP contribution in [0.2, 0.25) is 0 Å². The second-order valence-corrected chi connectivity index (χ2v) is 4.83. The first-order chi connectivity index (χ1) is 4.94. The summed E-state index contributed by atoms with van der Waals surface area (Å²) >= 11 is 0. The summed E-state index contributed by atoms with van der Waals surface area (Å²) < 4.78 is 0. The molecule has 0 heterocycles. The minimum Gasteiger partial charge on any atom is -0.311 e. The lowest BCUT2D eigenvalue weighted by atomic mass is 9.59. The molecule has 1 heteroatoms. The van der Waals surface area contributed by atoms with Gasteiger partial charge in [0.15, 0.2) is 0 Å². The van der Waals surface area contributed by atoms with Crippen LogP contribution in [0.15, 0.2) is 0 Å². The molecule has 1 rings (SSSR count). The third-order valence-electron chi connectivity index (χ3n) is 3.29. The Balaban J connectivity index is 2.40. The Labute approximate surface area is 70.6 Å². The molecule has 1 nitrogen and oxygen atoms in total. The van der Waals surface area contributed by atoms with Gasteiger partial charge in [-0.25, -0.2) is 0 Å². The molecule has 0 radical (unpaired) electrons. The normalized spacial score (nSPS) is 35.5. The van der Waals surface area contributed by atoms with E-state index in [-0.39, 0.29) is 0 Å². The summed E-state index contributed by atoms with van der Waals surface area (Å²) in [7, 11) is 0. The molecule has 0 amide bonds. The van der Waals surface area contributed by atoms with Crippen LogP contribution in [0, 0.1) is 11.3 Å². The van der Waals surface area contributed by atoms with Crippen molar-refractivity contribution in [2.24, 2.45) is 11.3 Å². The first kappa shape index (κ1) is 9.05. The van der Waals surface area contributed by atoms with Crippen molar-refractivity contribution < 1.29 is 0 Å². The molecule has 1 N–H and O–H groups in total. The van der Waals surface area contributed by atoms with Crippen molar-refractivity contribution >= 4 is 0 Å². The van der Waals surface area contributed by atoms with E-state index in [1.807, 2.05) is 0 Å². The van der Waals surface area contributed by atoms with E-state index < -0.39 is 0 Å². The van der Waals surface area contributed by atoms with Gasteiger partial charge in [-0.05, 0) is 17.8 Å². The predicted molar refractivity (Wildman–Crippen MR) is 49.6 cm³/mol. The number of nitrogens with one attached hydrogen (secondary N) is 1. The van der Waals surface area contributed by atoms with Crippen LogP contribution in [0.5, 0.6) is 0 Å². The summed E-state index contributed by atoms with van der Waals surface area (Å²) in [5.41, 5.74) is 0.518. The molecule has 0 unspecified atom stereocenters. The lowest BCUT2D eigenvalue weighted by Gasteiger charge is -2.52. The molecule has 1 aliphatic rings. The van der Waals surface area contributed by atoms with Gasteiger partial charge in [0.05, 0.1) is 0 Å². The van der Waals surface area contributed by atoms with Gasteiger partial charge in [0.25, 0.3) is 0 Å². The topological polar surface area (TPSA) is 12.0 Å². The molecule has 0 aromatic rings. The van der Waals surface area contributed by atoms with Crippen LogP contribution in [0.4, 0.5) is 0 Å². The zero-order chi connectivity index (χ0) is 8.65. The molecule has 1 saturated carbocycles. The molecular formula is C10H21N. The Kier molecular flexibility index (Phi) is 2.29. The second-order valence-electron chi connectivity index (χ2n) is 4.83. The fourth-order valence-corrected chi connectivity index (χ4v) is 1.83. The quantitative estimate of drug-likeness (QED) is 0.645. The van der Waals surface area contributed by atoms with Gasteiger partial charge in [-0.1, -0.05) is 34.6 Å². The maximum atomic E-state index is 3.60. The van der Waals surface area contributed by atoms with Crippen LogP contribution in [0.25, 0.3) is 0 Å². The molecule has 0 aromatic heterocycles. The molecule has 1 aliphatic carbocycles. The fraction of sp³-hybridized carbons (Fsp3) is 1.00. The van der Waals surface area contributed by atoms with Crippen LogP contribution in [0.1, 0.15) is 41.0 Å². The van der Waals surface area contributed by atoms with E-state index >= 15 is 0 Å². The van der Waals surface area contributed by atoms with Crippen molar-refractivity contribution in [1.29, 1.82) is 0 Å².